The highest BCUT2D eigenvalue weighted by atomic mass is 16.2. The van der Waals surface area contributed by atoms with E-state index in [0.29, 0.717) is 22.9 Å². The van der Waals surface area contributed by atoms with E-state index in [2.05, 4.69) is 22.6 Å². The Labute approximate surface area is 164 Å². The number of nitrogens with two attached hydrogens (primary N) is 1. The van der Waals surface area contributed by atoms with Crippen molar-refractivity contribution in [3.63, 3.8) is 0 Å². The number of hydrogen-bond donors (Lipinski definition) is 3. The van der Waals surface area contributed by atoms with Crippen LogP contribution in [0.5, 0.6) is 0 Å². The summed E-state index contributed by atoms with van der Waals surface area (Å²) in [5, 5.41) is 6.30. The number of carbonyl (C=O) groups is 2. The summed E-state index contributed by atoms with van der Waals surface area (Å²) in [6.07, 6.45) is 2.05. The third-order valence-corrected chi connectivity index (χ3v) is 5.54. The molecule has 6 nitrogen and oxygen atoms in total. The molecule has 144 valence electrons. The molecule has 0 spiro atoms. The van der Waals surface area contributed by atoms with Crippen molar-refractivity contribution in [2.45, 2.75) is 18.9 Å². The zero-order valence-electron chi connectivity index (χ0n) is 15.9. The third-order valence-electron chi connectivity index (χ3n) is 5.54. The van der Waals surface area contributed by atoms with Gasteiger partial charge in [-0.15, -0.1) is 0 Å². The first-order valence-corrected chi connectivity index (χ1v) is 9.55. The fourth-order valence-corrected chi connectivity index (χ4v) is 4.06. The summed E-state index contributed by atoms with van der Waals surface area (Å²) < 4.78 is 0. The quantitative estimate of drug-likeness (QED) is 0.715. The lowest BCUT2D eigenvalue weighted by molar-refractivity contribution is -0.110. The Morgan fingerprint density at radius 2 is 1.79 bits per heavy atom. The van der Waals surface area contributed by atoms with E-state index in [9.17, 15) is 9.59 Å². The minimum Gasteiger partial charge on any atom is -0.370 e. The van der Waals surface area contributed by atoms with Crippen LogP contribution in [0.1, 0.15) is 34.3 Å². The van der Waals surface area contributed by atoms with Crippen LogP contribution in [0.2, 0.25) is 0 Å². The van der Waals surface area contributed by atoms with Crippen molar-refractivity contribution in [3.8, 4) is 0 Å². The summed E-state index contributed by atoms with van der Waals surface area (Å²) in [6, 6.07) is 15.5. The molecule has 2 aromatic carbocycles. The first-order valence-electron chi connectivity index (χ1n) is 9.55. The highest BCUT2D eigenvalue weighted by molar-refractivity contribution is 6.36. The molecular formula is C22H24N4O2. The van der Waals surface area contributed by atoms with Crippen molar-refractivity contribution < 1.29 is 9.59 Å². The molecule has 0 unspecified atom stereocenters. The Bertz CT molecular complexity index is 946. The molecule has 4 N–H and O–H groups in total. The Balaban J connectivity index is 1.87. The molecule has 0 aromatic heterocycles. The van der Waals surface area contributed by atoms with E-state index in [1.165, 1.54) is 0 Å². The van der Waals surface area contributed by atoms with Gasteiger partial charge < -0.3 is 21.3 Å². The molecule has 28 heavy (non-hydrogen) atoms. The van der Waals surface area contributed by atoms with Gasteiger partial charge in [0.15, 0.2) is 0 Å². The molecule has 0 atom stereocenters. The van der Waals surface area contributed by atoms with E-state index in [-0.39, 0.29) is 5.91 Å². The maximum absolute atomic E-state index is 13.0. The summed E-state index contributed by atoms with van der Waals surface area (Å²) in [4.78, 5) is 26.7. The lowest BCUT2D eigenvalue weighted by atomic mass is 9.96. The highest BCUT2D eigenvalue weighted by Gasteiger charge is 2.32. The summed E-state index contributed by atoms with van der Waals surface area (Å²) >= 11 is 0. The molecule has 2 amide bonds. The zero-order valence-corrected chi connectivity index (χ0v) is 15.9. The zero-order chi connectivity index (χ0) is 19.7. The molecule has 6 heteroatoms. The summed E-state index contributed by atoms with van der Waals surface area (Å²) in [5.41, 5.74) is 9.76. The maximum Gasteiger partial charge on any atom is 0.258 e. The average Bonchev–Trinajstić information content (AvgIpc) is 3.04. The molecule has 0 radical (unpaired) electrons. The molecule has 1 saturated heterocycles. The highest BCUT2D eigenvalue weighted by Crippen LogP contribution is 2.39. The largest absolute Gasteiger partial charge is 0.370 e. The number of piperidine rings is 1. The number of hydrogen-bond acceptors (Lipinski definition) is 4. The second-order valence-corrected chi connectivity index (χ2v) is 7.26. The van der Waals surface area contributed by atoms with Crippen LogP contribution in [0.4, 0.5) is 5.69 Å². The van der Waals surface area contributed by atoms with Gasteiger partial charge in [-0.05, 0) is 43.6 Å². The number of amides is 2. The molecule has 0 aliphatic carbocycles. The van der Waals surface area contributed by atoms with Gasteiger partial charge in [0.1, 0.15) is 0 Å². The molecule has 4 rings (SSSR count). The second-order valence-electron chi connectivity index (χ2n) is 7.26. The van der Waals surface area contributed by atoms with Gasteiger partial charge in [0.25, 0.3) is 5.91 Å². The molecule has 2 heterocycles. The number of nitrogens with one attached hydrogen (secondary N) is 2. The van der Waals surface area contributed by atoms with Gasteiger partial charge in [-0.1, -0.05) is 36.4 Å². The minimum absolute atomic E-state index is 0.156. The minimum atomic E-state index is -0.510. The van der Waals surface area contributed by atoms with Crippen molar-refractivity contribution in [3.05, 3.63) is 65.2 Å². The van der Waals surface area contributed by atoms with Crippen LogP contribution < -0.4 is 16.4 Å². The smallest absolute Gasteiger partial charge is 0.258 e. The molecule has 0 saturated carbocycles. The Kier molecular flexibility index (Phi) is 4.88. The molecule has 1 fully saturated rings. The molecule has 2 aliphatic rings. The molecule has 0 bridgehead atoms. The fraction of sp³-hybridized carbons (Fsp3) is 0.273. The second kappa shape index (κ2) is 7.48. The monoisotopic (exact) mass is 376 g/mol. The lowest BCUT2D eigenvalue weighted by Gasteiger charge is -2.36. The Hall–Kier alpha value is -3.12. The van der Waals surface area contributed by atoms with Crippen molar-refractivity contribution >= 4 is 28.8 Å². The van der Waals surface area contributed by atoms with Gasteiger partial charge in [-0.2, -0.15) is 0 Å². The first-order chi connectivity index (χ1) is 13.6. The topological polar surface area (TPSA) is 87.5 Å². The van der Waals surface area contributed by atoms with Crippen LogP contribution in [0.15, 0.2) is 48.5 Å². The maximum atomic E-state index is 13.0. The van der Waals surface area contributed by atoms with Gasteiger partial charge in [0.2, 0.25) is 5.91 Å². The number of nitrogens with zero attached hydrogens (tertiary/aromatic N) is 1. The van der Waals surface area contributed by atoms with Crippen LogP contribution in [-0.4, -0.2) is 42.9 Å². The van der Waals surface area contributed by atoms with Gasteiger partial charge in [-0.3, -0.25) is 9.59 Å². The predicted octanol–water partition coefficient (Wildman–Crippen LogP) is 2.29. The van der Waals surface area contributed by atoms with Gasteiger partial charge in [-0.25, -0.2) is 0 Å². The van der Waals surface area contributed by atoms with Crippen molar-refractivity contribution in [1.29, 1.82) is 0 Å². The van der Waals surface area contributed by atoms with E-state index >= 15 is 0 Å². The van der Waals surface area contributed by atoms with Crippen molar-refractivity contribution in [2.24, 2.45) is 5.73 Å². The summed E-state index contributed by atoms with van der Waals surface area (Å²) in [5.74, 6) is -0.666. The van der Waals surface area contributed by atoms with Gasteiger partial charge in [0.05, 0.1) is 11.3 Å². The van der Waals surface area contributed by atoms with E-state index < -0.39 is 5.91 Å². The van der Waals surface area contributed by atoms with Crippen molar-refractivity contribution in [2.75, 3.05) is 25.5 Å². The number of anilines is 1. The number of primary amides is 1. The average molecular weight is 376 g/mol. The third kappa shape index (κ3) is 3.27. The number of benzene rings is 2. The normalized spacial score (nSPS) is 18.4. The number of rotatable bonds is 4. The summed E-state index contributed by atoms with van der Waals surface area (Å²) in [6.45, 7) is 1.94. The number of fused-ring (bicyclic) bond motifs is 1. The Morgan fingerprint density at radius 3 is 2.46 bits per heavy atom. The van der Waals surface area contributed by atoms with E-state index in [1.54, 1.807) is 12.1 Å². The van der Waals surface area contributed by atoms with Crippen LogP contribution >= 0.6 is 0 Å². The standard InChI is InChI=1S/C22H24N4O2/c1-26(16-9-11-24-12-10-16)20(14-5-3-2-4-6-14)19-17-8-7-15(21(23)27)13-18(17)25-22(19)28/h2-8,13,16,24H,9-12H2,1H3,(H2,23,27)(H,25,28)/b20-19-. The fourth-order valence-electron chi connectivity index (χ4n) is 4.06. The van der Waals surface area contributed by atoms with E-state index in [0.717, 1.165) is 42.8 Å². The molecular weight excluding hydrogens is 352 g/mol. The van der Waals surface area contributed by atoms with Crippen LogP contribution in [-0.2, 0) is 4.79 Å². The van der Waals surface area contributed by atoms with E-state index in [4.69, 9.17) is 5.73 Å². The van der Waals surface area contributed by atoms with Crippen LogP contribution in [0.25, 0.3) is 11.3 Å². The molecule has 2 aliphatic heterocycles. The SMILES string of the molecule is CN(/C(=C1\C(=O)Nc2cc(C(N)=O)ccc21)c1ccccc1)C1CCNCC1. The Morgan fingerprint density at radius 1 is 1.07 bits per heavy atom. The summed E-state index contributed by atoms with van der Waals surface area (Å²) in [7, 11) is 2.06. The van der Waals surface area contributed by atoms with E-state index in [1.807, 2.05) is 36.4 Å². The van der Waals surface area contributed by atoms with Crippen LogP contribution in [0, 0.1) is 0 Å². The first kappa shape index (κ1) is 18.3. The van der Waals surface area contributed by atoms with Gasteiger partial charge >= 0.3 is 0 Å². The number of carbonyl (C=O) groups excluding carboxylic acids is 2. The predicted molar refractivity (Wildman–Crippen MR) is 111 cm³/mol. The van der Waals surface area contributed by atoms with Crippen molar-refractivity contribution in [1.82, 2.24) is 10.2 Å². The lowest BCUT2D eigenvalue weighted by Crippen LogP contribution is -2.40. The molecule has 2 aromatic rings. The van der Waals surface area contributed by atoms with Crippen LogP contribution in [0.3, 0.4) is 0 Å². The van der Waals surface area contributed by atoms with Gasteiger partial charge in [0, 0.05) is 29.9 Å².